The number of benzene rings is 1. The predicted octanol–water partition coefficient (Wildman–Crippen LogP) is 3.09. The van der Waals surface area contributed by atoms with Crippen LogP contribution in [0.25, 0.3) is 0 Å². The van der Waals surface area contributed by atoms with Gasteiger partial charge in [-0.05, 0) is 31.0 Å². The molecule has 0 saturated heterocycles. The topological polar surface area (TPSA) is 68.1 Å². The maximum absolute atomic E-state index is 13.4. The highest BCUT2D eigenvalue weighted by atomic mass is 19.1. The van der Waals surface area contributed by atoms with Gasteiger partial charge in [0.2, 0.25) is 0 Å². The molecule has 0 aliphatic rings. The van der Waals surface area contributed by atoms with Crippen molar-refractivity contribution in [3.8, 4) is 0 Å². The van der Waals surface area contributed by atoms with Gasteiger partial charge in [-0.25, -0.2) is 9.37 Å². The molecule has 6 heteroatoms. The minimum Gasteiger partial charge on any atom is -0.370 e. The largest absolute Gasteiger partial charge is 0.370 e. The zero-order chi connectivity index (χ0) is 14.5. The summed E-state index contributed by atoms with van der Waals surface area (Å²) < 4.78 is 13.4. The molecule has 20 heavy (non-hydrogen) atoms. The molecule has 0 fully saturated rings. The molecule has 1 aromatic carbocycles. The highest BCUT2D eigenvalue weighted by Crippen LogP contribution is 2.17. The number of anilines is 1. The fraction of sp³-hybridized carbons (Fsp3) is 0.214. The summed E-state index contributed by atoms with van der Waals surface area (Å²) in [7, 11) is 0. The third-order valence-corrected chi connectivity index (χ3v) is 2.91. The molecule has 0 bridgehead atoms. The fourth-order valence-electron chi connectivity index (χ4n) is 1.87. The molecule has 1 heterocycles. The molecule has 0 unspecified atom stereocenters. The fourth-order valence-corrected chi connectivity index (χ4v) is 1.87. The van der Waals surface area contributed by atoms with Gasteiger partial charge >= 0.3 is 0 Å². The van der Waals surface area contributed by atoms with Crippen LogP contribution in [-0.2, 0) is 6.42 Å². The van der Waals surface area contributed by atoms with E-state index in [0.29, 0.717) is 30.0 Å². The van der Waals surface area contributed by atoms with Crippen molar-refractivity contribution in [2.24, 2.45) is 0 Å². The SMILES string of the molecule is Cc1nc(NCCc2ccccc2F)ccc1[N+](=O)[O-]. The molecular weight excluding hydrogens is 261 g/mol. The Morgan fingerprint density at radius 1 is 1.30 bits per heavy atom. The maximum Gasteiger partial charge on any atom is 0.290 e. The van der Waals surface area contributed by atoms with Crippen LogP contribution < -0.4 is 5.32 Å². The number of aromatic nitrogens is 1. The van der Waals surface area contributed by atoms with Gasteiger partial charge in [-0.2, -0.15) is 0 Å². The van der Waals surface area contributed by atoms with Gasteiger partial charge in [0.25, 0.3) is 5.69 Å². The third-order valence-electron chi connectivity index (χ3n) is 2.91. The molecule has 0 atom stereocenters. The van der Waals surface area contributed by atoms with Gasteiger partial charge < -0.3 is 5.32 Å². The lowest BCUT2D eigenvalue weighted by Crippen LogP contribution is -2.08. The number of halogens is 1. The van der Waals surface area contributed by atoms with Crippen molar-refractivity contribution >= 4 is 11.5 Å². The first-order chi connectivity index (χ1) is 9.58. The van der Waals surface area contributed by atoms with Gasteiger partial charge in [-0.1, -0.05) is 18.2 Å². The third kappa shape index (κ3) is 3.28. The van der Waals surface area contributed by atoms with Gasteiger partial charge in [0.1, 0.15) is 17.3 Å². The Labute approximate surface area is 115 Å². The second-order valence-electron chi connectivity index (χ2n) is 4.33. The van der Waals surface area contributed by atoms with Crippen LogP contribution in [0.2, 0.25) is 0 Å². The zero-order valence-corrected chi connectivity index (χ0v) is 11.0. The van der Waals surface area contributed by atoms with E-state index < -0.39 is 4.92 Å². The van der Waals surface area contributed by atoms with Crippen LogP contribution >= 0.6 is 0 Å². The second kappa shape index (κ2) is 6.10. The van der Waals surface area contributed by atoms with Crippen LogP contribution in [0.1, 0.15) is 11.3 Å². The summed E-state index contributed by atoms with van der Waals surface area (Å²) in [6, 6.07) is 9.54. The number of hydrogen-bond donors (Lipinski definition) is 1. The number of hydrogen-bond acceptors (Lipinski definition) is 4. The first-order valence-electron chi connectivity index (χ1n) is 6.17. The summed E-state index contributed by atoms with van der Waals surface area (Å²) in [5.74, 6) is 0.312. The van der Waals surface area contributed by atoms with Crippen molar-refractivity contribution in [2.45, 2.75) is 13.3 Å². The van der Waals surface area contributed by atoms with Gasteiger partial charge in [-0.15, -0.1) is 0 Å². The number of nitrogens with one attached hydrogen (secondary N) is 1. The minimum absolute atomic E-state index is 0.00958. The van der Waals surface area contributed by atoms with Crippen molar-refractivity contribution in [2.75, 3.05) is 11.9 Å². The van der Waals surface area contributed by atoms with Gasteiger partial charge in [0.05, 0.1) is 4.92 Å². The molecule has 104 valence electrons. The van der Waals surface area contributed by atoms with E-state index in [1.165, 1.54) is 12.1 Å². The van der Waals surface area contributed by atoms with Crippen LogP contribution in [0.15, 0.2) is 36.4 Å². The van der Waals surface area contributed by atoms with Crippen LogP contribution in [0.3, 0.4) is 0 Å². The zero-order valence-electron chi connectivity index (χ0n) is 11.0. The van der Waals surface area contributed by atoms with Crippen molar-refractivity contribution in [1.29, 1.82) is 0 Å². The van der Waals surface area contributed by atoms with Gasteiger partial charge in [0, 0.05) is 12.6 Å². The monoisotopic (exact) mass is 275 g/mol. The number of nitro groups is 1. The first kappa shape index (κ1) is 13.9. The number of rotatable bonds is 5. The molecule has 0 radical (unpaired) electrons. The van der Waals surface area contributed by atoms with E-state index >= 15 is 0 Å². The van der Waals surface area contributed by atoms with Crippen molar-refractivity contribution in [3.05, 3.63) is 63.6 Å². The molecule has 0 amide bonds. The van der Waals surface area contributed by atoms with Crippen molar-refractivity contribution in [1.82, 2.24) is 4.98 Å². The Balaban J connectivity index is 1.97. The van der Waals surface area contributed by atoms with Crippen LogP contribution in [0, 0.1) is 22.9 Å². The summed E-state index contributed by atoms with van der Waals surface area (Å²) in [6.45, 7) is 2.09. The van der Waals surface area contributed by atoms with Crippen LogP contribution in [0.4, 0.5) is 15.9 Å². The standard InChI is InChI=1S/C14H14FN3O2/c1-10-13(18(19)20)6-7-14(17-10)16-9-8-11-4-2-3-5-12(11)15/h2-7H,8-9H2,1H3,(H,16,17). The molecule has 0 spiro atoms. The molecule has 1 N–H and O–H groups in total. The Bertz CT molecular complexity index is 632. The highest BCUT2D eigenvalue weighted by Gasteiger charge is 2.11. The summed E-state index contributed by atoms with van der Waals surface area (Å²) in [4.78, 5) is 14.3. The molecule has 0 aliphatic heterocycles. The molecular formula is C14H14FN3O2. The summed E-state index contributed by atoms with van der Waals surface area (Å²) >= 11 is 0. The summed E-state index contributed by atoms with van der Waals surface area (Å²) in [5.41, 5.74) is 0.967. The normalized spacial score (nSPS) is 10.3. The molecule has 2 rings (SSSR count). The lowest BCUT2D eigenvalue weighted by molar-refractivity contribution is -0.385. The summed E-state index contributed by atoms with van der Waals surface area (Å²) in [6.07, 6.45) is 0.518. The predicted molar refractivity (Wildman–Crippen MR) is 74.2 cm³/mol. The lowest BCUT2D eigenvalue weighted by atomic mass is 10.1. The highest BCUT2D eigenvalue weighted by molar-refractivity contribution is 5.44. The number of aryl methyl sites for hydroxylation is 1. The Hall–Kier alpha value is -2.50. The minimum atomic E-state index is -0.467. The van der Waals surface area contributed by atoms with Gasteiger partial charge in [-0.3, -0.25) is 10.1 Å². The van der Waals surface area contributed by atoms with E-state index in [-0.39, 0.29) is 11.5 Å². The molecule has 2 aromatic rings. The van der Waals surface area contributed by atoms with Crippen molar-refractivity contribution in [3.63, 3.8) is 0 Å². The molecule has 5 nitrogen and oxygen atoms in total. The van der Waals surface area contributed by atoms with E-state index in [2.05, 4.69) is 10.3 Å². The smallest absolute Gasteiger partial charge is 0.290 e. The average molecular weight is 275 g/mol. The molecule has 1 aromatic heterocycles. The average Bonchev–Trinajstić information content (AvgIpc) is 2.40. The van der Waals surface area contributed by atoms with E-state index in [1.54, 1.807) is 31.2 Å². The number of pyridine rings is 1. The number of nitrogens with zero attached hydrogens (tertiary/aromatic N) is 2. The second-order valence-corrected chi connectivity index (χ2v) is 4.33. The lowest BCUT2D eigenvalue weighted by Gasteiger charge is -2.07. The van der Waals surface area contributed by atoms with Crippen LogP contribution in [-0.4, -0.2) is 16.5 Å². The van der Waals surface area contributed by atoms with Crippen molar-refractivity contribution < 1.29 is 9.31 Å². The quantitative estimate of drug-likeness (QED) is 0.672. The summed E-state index contributed by atoms with van der Waals surface area (Å²) in [5, 5.41) is 13.7. The van der Waals surface area contributed by atoms with E-state index in [0.717, 1.165) is 0 Å². The Morgan fingerprint density at radius 2 is 2.05 bits per heavy atom. The van der Waals surface area contributed by atoms with E-state index in [9.17, 15) is 14.5 Å². The first-order valence-corrected chi connectivity index (χ1v) is 6.17. The molecule has 0 saturated carbocycles. The maximum atomic E-state index is 13.4. The molecule has 0 aliphatic carbocycles. The Kier molecular flexibility index (Phi) is 4.24. The van der Waals surface area contributed by atoms with E-state index in [4.69, 9.17) is 0 Å². The Morgan fingerprint density at radius 3 is 2.70 bits per heavy atom. The van der Waals surface area contributed by atoms with Gasteiger partial charge in [0.15, 0.2) is 0 Å². The van der Waals surface area contributed by atoms with Crippen LogP contribution in [0.5, 0.6) is 0 Å². The van der Waals surface area contributed by atoms with E-state index in [1.807, 2.05) is 0 Å².